The van der Waals surface area contributed by atoms with Gasteiger partial charge < -0.3 is 15.4 Å². The van der Waals surface area contributed by atoms with Gasteiger partial charge in [-0.3, -0.25) is 0 Å². The first kappa shape index (κ1) is 11.4. The van der Waals surface area contributed by atoms with Crippen molar-refractivity contribution in [3.8, 4) is 0 Å². The van der Waals surface area contributed by atoms with E-state index in [1.54, 1.807) is 0 Å². The van der Waals surface area contributed by atoms with E-state index in [1.807, 2.05) is 7.11 Å². The molecule has 2 fully saturated rings. The number of nitrogens with zero attached hydrogens (tertiary/aromatic N) is 1. The predicted molar refractivity (Wildman–Crippen MR) is 61.8 cm³/mol. The topological polar surface area (TPSA) is 38.5 Å². The molecule has 0 aromatic carbocycles. The minimum atomic E-state index is 0.472. The van der Waals surface area contributed by atoms with E-state index >= 15 is 0 Å². The minimum Gasteiger partial charge on any atom is -0.381 e. The van der Waals surface area contributed by atoms with Crippen LogP contribution in [0.2, 0.25) is 0 Å². The summed E-state index contributed by atoms with van der Waals surface area (Å²) in [5.74, 6) is 0. The van der Waals surface area contributed by atoms with E-state index in [4.69, 9.17) is 10.5 Å². The van der Waals surface area contributed by atoms with E-state index in [-0.39, 0.29) is 0 Å². The van der Waals surface area contributed by atoms with Crippen molar-refractivity contribution in [1.29, 1.82) is 0 Å². The van der Waals surface area contributed by atoms with Crippen LogP contribution in [0.3, 0.4) is 0 Å². The van der Waals surface area contributed by atoms with Gasteiger partial charge >= 0.3 is 0 Å². The predicted octanol–water partition coefficient (Wildman–Crippen LogP) is 1.23. The van der Waals surface area contributed by atoms with Crippen LogP contribution in [-0.4, -0.2) is 44.3 Å². The van der Waals surface area contributed by atoms with Gasteiger partial charge in [0.25, 0.3) is 0 Å². The van der Waals surface area contributed by atoms with E-state index in [2.05, 4.69) is 4.90 Å². The number of methoxy groups -OCH3 is 1. The van der Waals surface area contributed by atoms with Crippen LogP contribution in [0.15, 0.2) is 0 Å². The largest absolute Gasteiger partial charge is 0.381 e. The van der Waals surface area contributed by atoms with Gasteiger partial charge in [0, 0.05) is 26.7 Å². The Balaban J connectivity index is 1.76. The van der Waals surface area contributed by atoms with Crippen molar-refractivity contribution in [3.05, 3.63) is 0 Å². The zero-order valence-corrected chi connectivity index (χ0v) is 9.87. The number of rotatable bonds is 4. The summed E-state index contributed by atoms with van der Waals surface area (Å²) in [6, 6.07) is 0. The average molecular weight is 212 g/mol. The number of hydrogen-bond acceptors (Lipinski definition) is 3. The van der Waals surface area contributed by atoms with Crippen molar-refractivity contribution in [2.24, 2.45) is 11.1 Å². The Bertz CT molecular complexity index is 190. The number of nitrogens with two attached hydrogens (primary N) is 1. The highest BCUT2D eigenvalue weighted by Crippen LogP contribution is 2.40. The van der Waals surface area contributed by atoms with E-state index in [1.165, 1.54) is 51.7 Å². The van der Waals surface area contributed by atoms with Crippen LogP contribution < -0.4 is 5.73 Å². The van der Waals surface area contributed by atoms with Crippen LogP contribution in [0.1, 0.15) is 32.1 Å². The van der Waals surface area contributed by atoms with Crippen molar-refractivity contribution in [3.63, 3.8) is 0 Å². The fourth-order valence-corrected chi connectivity index (χ4v) is 2.88. The Morgan fingerprint density at radius 1 is 1.33 bits per heavy atom. The van der Waals surface area contributed by atoms with Crippen LogP contribution >= 0.6 is 0 Å². The van der Waals surface area contributed by atoms with Gasteiger partial charge in [0.2, 0.25) is 0 Å². The molecule has 1 saturated carbocycles. The Kier molecular flexibility index (Phi) is 3.65. The molecule has 15 heavy (non-hydrogen) atoms. The molecule has 0 unspecified atom stereocenters. The quantitative estimate of drug-likeness (QED) is 0.761. The molecule has 3 heteroatoms. The minimum absolute atomic E-state index is 0.472. The van der Waals surface area contributed by atoms with E-state index in [9.17, 15) is 0 Å². The Morgan fingerprint density at radius 2 is 2.00 bits per heavy atom. The molecule has 0 aromatic heterocycles. The lowest BCUT2D eigenvalue weighted by Gasteiger charge is -2.45. The van der Waals surface area contributed by atoms with Gasteiger partial charge in [0.1, 0.15) is 0 Å². The lowest BCUT2D eigenvalue weighted by molar-refractivity contribution is 0.0104. The van der Waals surface area contributed by atoms with E-state index < -0.39 is 0 Å². The third-order valence-corrected chi connectivity index (χ3v) is 4.27. The number of piperidine rings is 1. The first-order valence-electron chi connectivity index (χ1n) is 6.23. The van der Waals surface area contributed by atoms with E-state index in [0.717, 1.165) is 6.54 Å². The highest BCUT2D eigenvalue weighted by molar-refractivity contribution is 4.92. The normalized spacial score (nSPS) is 27.6. The summed E-state index contributed by atoms with van der Waals surface area (Å²) < 4.78 is 5.38. The maximum atomic E-state index is 5.89. The molecule has 1 heterocycles. The molecule has 2 N–H and O–H groups in total. The molecule has 0 spiro atoms. The second-order valence-electron chi connectivity index (χ2n) is 5.27. The summed E-state index contributed by atoms with van der Waals surface area (Å²) in [4.78, 5) is 2.58. The molecule has 1 aliphatic heterocycles. The SMILES string of the molecule is COC1CCN(CC2(CN)CCC2)CC1. The summed E-state index contributed by atoms with van der Waals surface area (Å²) in [7, 11) is 1.83. The van der Waals surface area contributed by atoms with Crippen molar-refractivity contribution in [1.82, 2.24) is 4.90 Å². The molecule has 0 amide bonds. The van der Waals surface area contributed by atoms with Crippen LogP contribution in [-0.2, 0) is 4.74 Å². The maximum absolute atomic E-state index is 5.89. The standard InChI is InChI=1S/C12H24N2O/c1-15-11-3-7-14(8-4-11)10-12(9-13)5-2-6-12/h11H,2-10,13H2,1H3. The third-order valence-electron chi connectivity index (χ3n) is 4.27. The Morgan fingerprint density at radius 3 is 2.40 bits per heavy atom. The second kappa shape index (κ2) is 4.81. The van der Waals surface area contributed by atoms with Gasteiger partial charge in [-0.2, -0.15) is 0 Å². The molecule has 0 atom stereocenters. The van der Waals surface area contributed by atoms with Crippen molar-refractivity contribution in [2.45, 2.75) is 38.2 Å². The highest BCUT2D eigenvalue weighted by atomic mass is 16.5. The van der Waals surface area contributed by atoms with Crippen LogP contribution in [0.5, 0.6) is 0 Å². The molecule has 0 aromatic rings. The average Bonchev–Trinajstić information content (AvgIpc) is 2.24. The van der Waals surface area contributed by atoms with Gasteiger partial charge in [0.15, 0.2) is 0 Å². The van der Waals surface area contributed by atoms with Crippen LogP contribution in [0.25, 0.3) is 0 Å². The van der Waals surface area contributed by atoms with Crippen molar-refractivity contribution < 1.29 is 4.74 Å². The Labute approximate surface area is 93.0 Å². The van der Waals surface area contributed by atoms with Gasteiger partial charge in [-0.1, -0.05) is 6.42 Å². The fraction of sp³-hybridized carbons (Fsp3) is 1.00. The molecule has 1 aliphatic carbocycles. The van der Waals surface area contributed by atoms with Gasteiger partial charge in [-0.05, 0) is 37.6 Å². The lowest BCUT2D eigenvalue weighted by Crippen LogP contribution is -2.49. The monoisotopic (exact) mass is 212 g/mol. The third kappa shape index (κ3) is 2.52. The second-order valence-corrected chi connectivity index (χ2v) is 5.27. The fourth-order valence-electron chi connectivity index (χ4n) is 2.88. The molecule has 0 bridgehead atoms. The van der Waals surface area contributed by atoms with E-state index in [0.29, 0.717) is 11.5 Å². The molecule has 0 radical (unpaired) electrons. The summed E-state index contributed by atoms with van der Waals surface area (Å²) in [5.41, 5.74) is 6.36. The lowest BCUT2D eigenvalue weighted by atomic mass is 9.68. The maximum Gasteiger partial charge on any atom is 0.0595 e. The molecule has 3 nitrogen and oxygen atoms in total. The zero-order valence-electron chi connectivity index (χ0n) is 9.87. The van der Waals surface area contributed by atoms with Crippen molar-refractivity contribution in [2.75, 3.05) is 33.3 Å². The molecule has 2 rings (SSSR count). The van der Waals surface area contributed by atoms with Gasteiger partial charge in [-0.15, -0.1) is 0 Å². The van der Waals surface area contributed by atoms with Gasteiger partial charge in [0.05, 0.1) is 6.10 Å². The summed E-state index contributed by atoms with van der Waals surface area (Å²) >= 11 is 0. The van der Waals surface area contributed by atoms with Crippen LogP contribution in [0.4, 0.5) is 0 Å². The summed E-state index contributed by atoms with van der Waals surface area (Å²) in [6.45, 7) is 4.48. The molecular weight excluding hydrogens is 188 g/mol. The zero-order chi connectivity index (χ0) is 10.7. The first-order chi connectivity index (χ1) is 7.28. The smallest absolute Gasteiger partial charge is 0.0595 e. The summed E-state index contributed by atoms with van der Waals surface area (Å²) in [5, 5.41) is 0. The number of ether oxygens (including phenoxy) is 1. The number of likely N-dealkylation sites (tertiary alicyclic amines) is 1. The first-order valence-corrected chi connectivity index (χ1v) is 6.23. The molecular formula is C12H24N2O. The molecule has 2 aliphatic rings. The summed E-state index contributed by atoms with van der Waals surface area (Å²) in [6.07, 6.45) is 6.94. The highest BCUT2D eigenvalue weighted by Gasteiger charge is 2.37. The number of hydrogen-bond donors (Lipinski definition) is 1. The Hall–Kier alpha value is -0.120. The van der Waals surface area contributed by atoms with Crippen LogP contribution in [0, 0.1) is 5.41 Å². The molecule has 88 valence electrons. The van der Waals surface area contributed by atoms with Crippen molar-refractivity contribution >= 4 is 0 Å². The molecule has 1 saturated heterocycles. The van der Waals surface area contributed by atoms with Gasteiger partial charge in [-0.25, -0.2) is 0 Å².